The van der Waals surface area contributed by atoms with Crippen molar-refractivity contribution in [1.29, 1.82) is 0 Å². The molecule has 0 aromatic heterocycles. The van der Waals surface area contributed by atoms with Crippen molar-refractivity contribution in [1.82, 2.24) is 10.2 Å². The lowest BCUT2D eigenvalue weighted by molar-refractivity contribution is -0.145. The molecule has 6 heteroatoms. The van der Waals surface area contributed by atoms with Crippen LogP contribution in [0.4, 0.5) is 0 Å². The summed E-state index contributed by atoms with van der Waals surface area (Å²) in [5, 5.41) is 18.8. The summed E-state index contributed by atoms with van der Waals surface area (Å²) in [5.41, 5.74) is 0. The van der Waals surface area contributed by atoms with Gasteiger partial charge in [0, 0.05) is 6.42 Å². The predicted molar refractivity (Wildman–Crippen MR) is 107 cm³/mol. The van der Waals surface area contributed by atoms with Crippen molar-refractivity contribution in [2.24, 2.45) is 0 Å². The standard InChI is InChI=1S/C17H36N2O.C3H6O3/c1-5-7-8-9-10-11-12-13-14-15-17(20)18-16(6-2)19(3)4;1-2(4)3(5)6/h16H,5-15H2,1-4H3,(H,18,20);2,4H,1H3,(H,5,6). The number of carbonyl (C=O) groups excluding carboxylic acids is 1. The van der Waals surface area contributed by atoms with E-state index in [9.17, 15) is 9.59 Å². The van der Waals surface area contributed by atoms with Gasteiger partial charge in [0.05, 0.1) is 6.17 Å². The highest BCUT2D eigenvalue weighted by molar-refractivity contribution is 5.76. The van der Waals surface area contributed by atoms with E-state index in [-0.39, 0.29) is 12.1 Å². The van der Waals surface area contributed by atoms with Crippen LogP contribution in [-0.2, 0) is 9.59 Å². The van der Waals surface area contributed by atoms with E-state index in [0.29, 0.717) is 6.42 Å². The van der Waals surface area contributed by atoms with Gasteiger partial charge in [0.25, 0.3) is 0 Å². The van der Waals surface area contributed by atoms with Crippen molar-refractivity contribution in [3.63, 3.8) is 0 Å². The van der Waals surface area contributed by atoms with Gasteiger partial charge in [-0.15, -0.1) is 0 Å². The zero-order valence-corrected chi connectivity index (χ0v) is 17.6. The predicted octanol–water partition coefficient (Wildman–Crippen LogP) is 3.77. The molecule has 2 unspecified atom stereocenters. The van der Waals surface area contributed by atoms with Gasteiger partial charge in [0.15, 0.2) is 0 Å². The first kappa shape index (κ1) is 27.1. The summed E-state index contributed by atoms with van der Waals surface area (Å²) in [4.78, 5) is 23.3. The van der Waals surface area contributed by atoms with Crippen LogP contribution in [0.3, 0.4) is 0 Å². The minimum absolute atomic E-state index is 0.182. The van der Waals surface area contributed by atoms with Gasteiger partial charge in [-0.05, 0) is 33.9 Å². The number of hydrogen-bond acceptors (Lipinski definition) is 4. The maximum Gasteiger partial charge on any atom is 0.332 e. The molecule has 0 fully saturated rings. The van der Waals surface area contributed by atoms with Crippen LogP contribution < -0.4 is 5.32 Å². The summed E-state index contributed by atoms with van der Waals surface area (Å²) < 4.78 is 0. The van der Waals surface area contributed by atoms with Crippen LogP contribution in [0, 0.1) is 0 Å². The molecule has 0 bridgehead atoms. The first-order valence-electron chi connectivity index (χ1n) is 10.1. The summed E-state index contributed by atoms with van der Waals surface area (Å²) in [6.07, 6.45) is 12.3. The molecule has 0 aromatic carbocycles. The van der Waals surface area contributed by atoms with Gasteiger partial charge in [-0.25, -0.2) is 4.79 Å². The Labute approximate surface area is 160 Å². The number of nitrogens with zero attached hydrogens (tertiary/aromatic N) is 1. The Hall–Kier alpha value is -1.14. The fourth-order valence-electron chi connectivity index (χ4n) is 2.45. The molecular weight excluding hydrogens is 332 g/mol. The molecule has 0 saturated heterocycles. The summed E-state index contributed by atoms with van der Waals surface area (Å²) >= 11 is 0. The van der Waals surface area contributed by atoms with Gasteiger partial charge in [0.2, 0.25) is 5.91 Å². The van der Waals surface area contributed by atoms with Crippen LogP contribution in [0.5, 0.6) is 0 Å². The summed E-state index contributed by atoms with van der Waals surface area (Å²) in [5.74, 6) is -0.983. The number of rotatable bonds is 14. The normalized spacial score (nSPS) is 12.9. The lowest BCUT2D eigenvalue weighted by Crippen LogP contribution is -2.44. The molecule has 0 aromatic rings. The first-order valence-corrected chi connectivity index (χ1v) is 10.1. The van der Waals surface area contributed by atoms with Crippen LogP contribution >= 0.6 is 0 Å². The van der Waals surface area contributed by atoms with E-state index in [1.54, 1.807) is 0 Å². The monoisotopic (exact) mass is 374 g/mol. The van der Waals surface area contributed by atoms with Crippen LogP contribution in [0.1, 0.15) is 91.4 Å². The minimum Gasteiger partial charge on any atom is -0.479 e. The van der Waals surface area contributed by atoms with Gasteiger partial charge in [-0.3, -0.25) is 9.69 Å². The Balaban J connectivity index is 0. The second kappa shape index (κ2) is 18.6. The third-order valence-corrected chi connectivity index (χ3v) is 4.20. The molecule has 0 saturated carbocycles. The van der Waals surface area contributed by atoms with E-state index < -0.39 is 12.1 Å². The van der Waals surface area contributed by atoms with Crippen LogP contribution in [0.2, 0.25) is 0 Å². The maximum atomic E-state index is 11.8. The molecule has 0 spiro atoms. The second-order valence-electron chi connectivity index (χ2n) is 7.05. The second-order valence-corrected chi connectivity index (χ2v) is 7.05. The number of aliphatic carboxylic acids is 1. The molecule has 3 N–H and O–H groups in total. The number of amides is 1. The zero-order valence-electron chi connectivity index (χ0n) is 17.6. The van der Waals surface area contributed by atoms with Crippen LogP contribution in [-0.4, -0.2) is 53.4 Å². The Bertz CT molecular complexity index is 347. The number of carboxylic acid groups (broad SMARTS) is 1. The molecule has 6 nitrogen and oxygen atoms in total. The fraction of sp³-hybridized carbons (Fsp3) is 0.900. The van der Waals surface area contributed by atoms with Crippen molar-refractivity contribution in [2.75, 3.05) is 14.1 Å². The fourth-order valence-corrected chi connectivity index (χ4v) is 2.45. The molecule has 156 valence electrons. The van der Waals surface area contributed by atoms with E-state index in [1.807, 2.05) is 14.1 Å². The Morgan fingerprint density at radius 1 is 0.923 bits per heavy atom. The quantitative estimate of drug-likeness (QED) is 0.318. The molecule has 0 heterocycles. The van der Waals surface area contributed by atoms with E-state index in [0.717, 1.165) is 12.8 Å². The third-order valence-electron chi connectivity index (χ3n) is 4.20. The summed E-state index contributed by atoms with van der Waals surface area (Å²) in [6.45, 7) is 5.55. The smallest absolute Gasteiger partial charge is 0.332 e. The molecule has 1 amide bonds. The van der Waals surface area contributed by atoms with Gasteiger partial charge in [-0.1, -0.05) is 65.2 Å². The highest BCUT2D eigenvalue weighted by Crippen LogP contribution is 2.10. The Kier molecular flexibility index (Phi) is 19.4. The van der Waals surface area contributed by atoms with Crippen LogP contribution in [0.15, 0.2) is 0 Å². The molecule has 0 rings (SSSR count). The SMILES string of the molecule is CC(O)C(=O)O.CCCCCCCCCCCC(=O)NC(CC)N(C)C. The number of unbranched alkanes of at least 4 members (excludes halogenated alkanes) is 8. The lowest BCUT2D eigenvalue weighted by Gasteiger charge is -2.23. The molecule has 0 aliphatic rings. The van der Waals surface area contributed by atoms with E-state index in [4.69, 9.17) is 10.2 Å². The number of aliphatic hydroxyl groups excluding tert-OH is 1. The highest BCUT2D eigenvalue weighted by Gasteiger charge is 2.11. The largest absolute Gasteiger partial charge is 0.479 e. The van der Waals surface area contributed by atoms with Crippen molar-refractivity contribution in [3.05, 3.63) is 0 Å². The topological polar surface area (TPSA) is 89.9 Å². The summed E-state index contributed by atoms with van der Waals surface area (Å²) in [6, 6.07) is 0. The molecule has 26 heavy (non-hydrogen) atoms. The van der Waals surface area contributed by atoms with Gasteiger partial charge < -0.3 is 15.5 Å². The van der Waals surface area contributed by atoms with Crippen molar-refractivity contribution >= 4 is 11.9 Å². The minimum atomic E-state index is -1.23. The molecule has 0 radical (unpaired) electrons. The highest BCUT2D eigenvalue weighted by atomic mass is 16.4. The average molecular weight is 375 g/mol. The Morgan fingerprint density at radius 3 is 1.69 bits per heavy atom. The van der Waals surface area contributed by atoms with E-state index in [2.05, 4.69) is 24.1 Å². The lowest BCUT2D eigenvalue weighted by atomic mass is 10.1. The van der Waals surface area contributed by atoms with E-state index in [1.165, 1.54) is 58.3 Å². The zero-order chi connectivity index (χ0) is 20.4. The third kappa shape index (κ3) is 19.2. The van der Waals surface area contributed by atoms with Crippen molar-refractivity contribution < 1.29 is 19.8 Å². The average Bonchev–Trinajstić information content (AvgIpc) is 2.58. The van der Waals surface area contributed by atoms with Gasteiger partial charge in [-0.2, -0.15) is 0 Å². The molecular formula is C20H42N2O4. The maximum absolute atomic E-state index is 11.8. The number of carboxylic acids is 1. The molecule has 0 aliphatic carbocycles. The first-order chi connectivity index (χ1) is 12.3. The number of nitrogens with one attached hydrogen (secondary N) is 1. The number of aliphatic hydroxyl groups is 1. The van der Waals surface area contributed by atoms with Crippen molar-refractivity contribution in [2.45, 2.75) is 104 Å². The van der Waals surface area contributed by atoms with E-state index >= 15 is 0 Å². The van der Waals surface area contributed by atoms with Crippen molar-refractivity contribution in [3.8, 4) is 0 Å². The molecule has 0 aliphatic heterocycles. The number of carbonyl (C=O) groups is 2. The molecule has 2 atom stereocenters. The van der Waals surface area contributed by atoms with Crippen LogP contribution in [0.25, 0.3) is 0 Å². The summed E-state index contributed by atoms with van der Waals surface area (Å²) in [7, 11) is 4.01. The Morgan fingerprint density at radius 2 is 1.35 bits per heavy atom. The van der Waals surface area contributed by atoms with Gasteiger partial charge >= 0.3 is 5.97 Å². The van der Waals surface area contributed by atoms with Gasteiger partial charge in [0.1, 0.15) is 6.10 Å². The number of hydrogen-bond donors (Lipinski definition) is 3.